The van der Waals surface area contributed by atoms with Crippen LogP contribution in [-0.4, -0.2) is 49.8 Å². The maximum Gasteiger partial charge on any atom is 0.343 e. The van der Waals surface area contributed by atoms with Crippen molar-refractivity contribution in [3.05, 3.63) is 42.0 Å². The summed E-state index contributed by atoms with van der Waals surface area (Å²) in [4.78, 5) is 22.0. The van der Waals surface area contributed by atoms with Gasteiger partial charge in [0.05, 0.1) is 26.4 Å². The van der Waals surface area contributed by atoms with E-state index in [1.165, 1.54) is 7.11 Å². The van der Waals surface area contributed by atoms with Gasteiger partial charge in [-0.3, -0.25) is 9.74 Å². The van der Waals surface area contributed by atoms with E-state index in [4.69, 9.17) is 9.57 Å². The summed E-state index contributed by atoms with van der Waals surface area (Å²) in [6, 6.07) is 11.9. The Morgan fingerprint density at radius 1 is 1.19 bits per heavy atom. The molecule has 1 aliphatic rings. The van der Waals surface area contributed by atoms with Crippen LogP contribution in [0, 0.1) is 0 Å². The largest absolute Gasteiger partial charge is 0.496 e. The number of benzene rings is 2. The molecule has 27 heavy (non-hydrogen) atoms. The second-order valence-electron chi connectivity index (χ2n) is 7.05. The van der Waals surface area contributed by atoms with Crippen LogP contribution in [0.25, 0.3) is 10.8 Å². The molecule has 146 valence electrons. The fourth-order valence-corrected chi connectivity index (χ4v) is 4.11. The zero-order valence-electron chi connectivity index (χ0n) is 16.6. The number of hydrogen-bond donors (Lipinski definition) is 1. The van der Waals surface area contributed by atoms with Crippen LogP contribution in [0.15, 0.2) is 36.4 Å². The van der Waals surface area contributed by atoms with Gasteiger partial charge in [0.15, 0.2) is 0 Å². The molecule has 6 nitrogen and oxygen atoms in total. The van der Waals surface area contributed by atoms with Crippen molar-refractivity contribution < 1.29 is 14.4 Å². The summed E-state index contributed by atoms with van der Waals surface area (Å²) in [5.41, 5.74) is 3.61. The average Bonchev–Trinajstić information content (AvgIpc) is 2.69. The fourth-order valence-electron chi connectivity index (χ4n) is 4.11. The number of carbonyl (C=O) groups excluding carboxylic acids is 1. The van der Waals surface area contributed by atoms with E-state index in [0.29, 0.717) is 0 Å². The summed E-state index contributed by atoms with van der Waals surface area (Å²) >= 11 is 0. The SMILES string of the molecule is CONC(=O)N(C(C)c1ccc(OC)c2ccccc12)[C@H]1CCCCN1C. The van der Waals surface area contributed by atoms with Crippen LogP contribution in [0.2, 0.25) is 0 Å². The summed E-state index contributed by atoms with van der Waals surface area (Å²) in [5, 5.41) is 2.14. The summed E-state index contributed by atoms with van der Waals surface area (Å²) in [7, 11) is 5.23. The van der Waals surface area contributed by atoms with Crippen LogP contribution < -0.4 is 10.2 Å². The predicted molar refractivity (Wildman–Crippen MR) is 107 cm³/mol. The number of carbonyl (C=O) groups is 1. The highest BCUT2D eigenvalue weighted by Gasteiger charge is 2.34. The minimum absolute atomic E-state index is 0.0322. The predicted octanol–water partition coefficient (Wildman–Crippen LogP) is 3.92. The van der Waals surface area contributed by atoms with Crippen LogP contribution in [-0.2, 0) is 4.84 Å². The third-order valence-corrected chi connectivity index (χ3v) is 5.48. The Morgan fingerprint density at radius 3 is 2.59 bits per heavy atom. The van der Waals surface area contributed by atoms with Crippen molar-refractivity contribution >= 4 is 16.8 Å². The van der Waals surface area contributed by atoms with Crippen molar-refractivity contribution in [1.82, 2.24) is 15.3 Å². The summed E-state index contributed by atoms with van der Waals surface area (Å²) in [6.07, 6.45) is 3.25. The Labute approximate surface area is 161 Å². The van der Waals surface area contributed by atoms with Gasteiger partial charge in [0.2, 0.25) is 0 Å². The van der Waals surface area contributed by atoms with Crippen molar-refractivity contribution in [2.24, 2.45) is 0 Å². The molecule has 0 radical (unpaired) electrons. The second-order valence-corrected chi connectivity index (χ2v) is 7.05. The van der Waals surface area contributed by atoms with Crippen LogP contribution in [0.4, 0.5) is 4.79 Å². The van der Waals surface area contributed by atoms with Crippen molar-refractivity contribution in [1.29, 1.82) is 0 Å². The molecule has 2 atom stereocenters. The smallest absolute Gasteiger partial charge is 0.343 e. The van der Waals surface area contributed by atoms with E-state index in [0.717, 1.165) is 47.9 Å². The first kappa shape index (κ1) is 19.5. The number of hydroxylamine groups is 1. The molecule has 0 saturated carbocycles. The van der Waals surface area contributed by atoms with Gasteiger partial charge in [-0.2, -0.15) is 0 Å². The lowest BCUT2D eigenvalue weighted by molar-refractivity contribution is 0.0108. The minimum atomic E-state index is -0.219. The Hall–Kier alpha value is -2.31. The monoisotopic (exact) mass is 371 g/mol. The molecule has 2 aromatic carbocycles. The van der Waals surface area contributed by atoms with E-state index in [-0.39, 0.29) is 18.2 Å². The normalized spacial score (nSPS) is 18.9. The number of urea groups is 1. The standard InChI is InChI=1S/C21H29N3O3/c1-15(16-12-13-19(26-3)18-10-6-5-9-17(16)18)24(21(25)22-27-4)20-11-7-8-14-23(20)2/h5-6,9-10,12-13,15,20H,7-8,11,14H2,1-4H3,(H,22,25)/t15?,20-/m0/s1. The molecule has 0 aromatic heterocycles. The van der Waals surface area contributed by atoms with E-state index >= 15 is 0 Å². The maximum atomic E-state index is 12.9. The number of likely N-dealkylation sites (tertiary alicyclic amines) is 1. The molecular weight excluding hydrogens is 342 g/mol. The van der Waals surface area contributed by atoms with Gasteiger partial charge < -0.3 is 9.64 Å². The van der Waals surface area contributed by atoms with Crippen LogP contribution in [0.1, 0.15) is 37.8 Å². The number of nitrogens with zero attached hydrogens (tertiary/aromatic N) is 2. The van der Waals surface area contributed by atoms with Gasteiger partial charge in [-0.15, -0.1) is 0 Å². The maximum absolute atomic E-state index is 12.9. The topological polar surface area (TPSA) is 54.0 Å². The Morgan fingerprint density at radius 2 is 1.93 bits per heavy atom. The average molecular weight is 371 g/mol. The van der Waals surface area contributed by atoms with E-state index in [1.807, 2.05) is 23.1 Å². The van der Waals surface area contributed by atoms with E-state index in [1.54, 1.807) is 7.11 Å². The second kappa shape index (κ2) is 8.59. The lowest BCUT2D eigenvalue weighted by atomic mass is 9.96. The first-order valence-electron chi connectivity index (χ1n) is 9.45. The zero-order valence-corrected chi connectivity index (χ0v) is 16.6. The van der Waals surface area contributed by atoms with Crippen LogP contribution >= 0.6 is 0 Å². The highest BCUT2D eigenvalue weighted by molar-refractivity contribution is 5.91. The van der Waals surface area contributed by atoms with Crippen molar-refractivity contribution in [2.75, 3.05) is 27.8 Å². The fraction of sp³-hybridized carbons (Fsp3) is 0.476. The molecule has 1 N–H and O–H groups in total. The first-order valence-corrected chi connectivity index (χ1v) is 9.45. The number of rotatable bonds is 5. The number of fused-ring (bicyclic) bond motifs is 1. The molecule has 3 rings (SSSR count). The molecule has 0 aliphatic carbocycles. The van der Waals surface area contributed by atoms with E-state index < -0.39 is 0 Å². The lowest BCUT2D eigenvalue weighted by Gasteiger charge is -2.43. The molecular formula is C21H29N3O3. The van der Waals surface area contributed by atoms with Crippen LogP contribution in [0.3, 0.4) is 0 Å². The zero-order chi connectivity index (χ0) is 19.4. The highest BCUT2D eigenvalue weighted by atomic mass is 16.6. The number of amides is 2. The Balaban J connectivity index is 2.05. The molecule has 1 heterocycles. The van der Waals surface area contributed by atoms with Crippen molar-refractivity contribution in [2.45, 2.75) is 38.4 Å². The molecule has 1 fully saturated rings. The molecule has 1 saturated heterocycles. The number of ether oxygens (including phenoxy) is 1. The molecule has 2 amide bonds. The van der Waals surface area contributed by atoms with Gasteiger partial charge in [-0.1, -0.05) is 30.3 Å². The molecule has 0 spiro atoms. The Kier molecular flexibility index (Phi) is 6.19. The quantitative estimate of drug-likeness (QED) is 0.810. The van der Waals surface area contributed by atoms with Gasteiger partial charge in [0, 0.05) is 5.39 Å². The molecule has 2 aromatic rings. The number of methoxy groups -OCH3 is 1. The van der Waals surface area contributed by atoms with Gasteiger partial charge in [-0.25, -0.2) is 10.3 Å². The van der Waals surface area contributed by atoms with Crippen LogP contribution in [0.5, 0.6) is 5.75 Å². The van der Waals surface area contributed by atoms with Crippen molar-refractivity contribution in [3.8, 4) is 5.75 Å². The minimum Gasteiger partial charge on any atom is -0.496 e. The number of hydrogen-bond acceptors (Lipinski definition) is 4. The third kappa shape index (κ3) is 3.87. The van der Waals surface area contributed by atoms with E-state index in [2.05, 4.69) is 42.6 Å². The molecule has 1 aliphatic heterocycles. The van der Waals surface area contributed by atoms with Gasteiger partial charge in [0.25, 0.3) is 0 Å². The molecule has 6 heteroatoms. The highest BCUT2D eigenvalue weighted by Crippen LogP contribution is 2.35. The lowest BCUT2D eigenvalue weighted by Crippen LogP contribution is -2.55. The molecule has 0 bridgehead atoms. The summed E-state index contributed by atoms with van der Waals surface area (Å²) in [5.74, 6) is 0.837. The Bertz CT molecular complexity index is 795. The summed E-state index contributed by atoms with van der Waals surface area (Å²) < 4.78 is 5.52. The first-order chi connectivity index (χ1) is 13.1. The molecule has 1 unspecified atom stereocenters. The van der Waals surface area contributed by atoms with Gasteiger partial charge in [-0.05, 0) is 56.8 Å². The van der Waals surface area contributed by atoms with Gasteiger partial charge in [0.1, 0.15) is 5.75 Å². The van der Waals surface area contributed by atoms with Crippen molar-refractivity contribution in [3.63, 3.8) is 0 Å². The summed E-state index contributed by atoms with van der Waals surface area (Å²) in [6.45, 7) is 3.06. The third-order valence-electron chi connectivity index (χ3n) is 5.48. The number of piperidine rings is 1. The number of nitrogens with one attached hydrogen (secondary N) is 1. The van der Waals surface area contributed by atoms with E-state index in [9.17, 15) is 4.79 Å². The van der Waals surface area contributed by atoms with Gasteiger partial charge >= 0.3 is 6.03 Å².